The number of carbonyl (C=O) groups excluding carboxylic acids is 3. The summed E-state index contributed by atoms with van der Waals surface area (Å²) in [5.41, 5.74) is 0.731. The molecule has 0 heterocycles. The number of imide groups is 1. The number of aliphatic hydroxyl groups is 1. The number of esters is 1. The van der Waals surface area contributed by atoms with E-state index in [1.807, 2.05) is 6.92 Å². The van der Waals surface area contributed by atoms with Crippen LogP contribution in [0.25, 0.3) is 0 Å². The van der Waals surface area contributed by atoms with Crippen molar-refractivity contribution in [3.63, 3.8) is 0 Å². The van der Waals surface area contributed by atoms with Gasteiger partial charge in [-0.05, 0) is 25.5 Å². The molecule has 0 fully saturated rings. The summed E-state index contributed by atoms with van der Waals surface area (Å²) >= 11 is 0. The molecule has 24 heavy (non-hydrogen) atoms. The average molecular weight is 337 g/mol. The molecule has 0 aromatic heterocycles. The summed E-state index contributed by atoms with van der Waals surface area (Å²) in [6, 6.07) is 5.88. The van der Waals surface area contributed by atoms with Crippen LogP contribution in [0, 0.1) is 0 Å². The number of anilines is 1. The van der Waals surface area contributed by atoms with Crippen molar-refractivity contribution in [2.24, 2.45) is 0 Å². The topological polar surface area (TPSA) is 117 Å². The highest BCUT2D eigenvalue weighted by Gasteiger charge is 2.15. The molecule has 132 valence electrons. The van der Waals surface area contributed by atoms with Crippen molar-refractivity contribution in [3.05, 3.63) is 29.8 Å². The van der Waals surface area contributed by atoms with Crippen molar-refractivity contribution < 1.29 is 24.2 Å². The van der Waals surface area contributed by atoms with Gasteiger partial charge in [0.25, 0.3) is 5.91 Å². The number of hydrogen-bond acceptors (Lipinski definition) is 6. The highest BCUT2D eigenvalue weighted by Crippen LogP contribution is 2.15. The number of carbonyl (C=O) groups is 3. The van der Waals surface area contributed by atoms with Crippen LogP contribution in [0.3, 0.4) is 0 Å². The molecule has 4 N–H and O–H groups in total. The first-order valence-corrected chi connectivity index (χ1v) is 7.69. The summed E-state index contributed by atoms with van der Waals surface area (Å²) in [6.07, 6.45) is 0.730. The summed E-state index contributed by atoms with van der Waals surface area (Å²) in [4.78, 5) is 35.1. The zero-order chi connectivity index (χ0) is 17.9. The summed E-state index contributed by atoms with van der Waals surface area (Å²) in [5.74, 6) is -1.42. The first-order chi connectivity index (χ1) is 11.5. The molecule has 3 amide bonds. The number of benzene rings is 1. The van der Waals surface area contributed by atoms with E-state index >= 15 is 0 Å². The Morgan fingerprint density at radius 1 is 1.25 bits per heavy atom. The molecular weight excluding hydrogens is 314 g/mol. The second-order valence-electron chi connectivity index (χ2n) is 5.10. The number of para-hydroxylation sites is 1. The summed E-state index contributed by atoms with van der Waals surface area (Å²) < 4.78 is 4.91. The van der Waals surface area contributed by atoms with Gasteiger partial charge >= 0.3 is 12.0 Å². The molecule has 8 heteroatoms. The standard InChI is InChI=1S/C16H23N3O5/c1-3-11(2)18-16(23)19-14(21)10-24-15(22)12-6-4-5-7-13(12)17-8-9-20/h4-7,11,17,20H,3,8-10H2,1-2H3,(H2,18,19,21,23)/t11-/m1/s1. The lowest BCUT2D eigenvalue weighted by molar-refractivity contribution is -0.123. The second kappa shape index (κ2) is 10.2. The predicted octanol–water partition coefficient (Wildman–Crippen LogP) is 0.872. The molecule has 0 unspecified atom stereocenters. The first kappa shape index (κ1) is 19.4. The van der Waals surface area contributed by atoms with Gasteiger partial charge in [0.05, 0.1) is 12.2 Å². The van der Waals surface area contributed by atoms with Crippen LogP contribution in [0.15, 0.2) is 24.3 Å². The van der Waals surface area contributed by atoms with E-state index in [1.54, 1.807) is 25.1 Å². The van der Waals surface area contributed by atoms with Gasteiger partial charge in [-0.15, -0.1) is 0 Å². The molecule has 1 rings (SSSR count). The van der Waals surface area contributed by atoms with Crippen LogP contribution in [0.1, 0.15) is 30.6 Å². The number of amides is 3. The largest absolute Gasteiger partial charge is 0.452 e. The van der Waals surface area contributed by atoms with Crippen molar-refractivity contribution >= 4 is 23.6 Å². The third-order valence-corrected chi connectivity index (χ3v) is 3.15. The van der Waals surface area contributed by atoms with E-state index in [0.717, 1.165) is 6.42 Å². The van der Waals surface area contributed by atoms with Gasteiger partial charge in [-0.3, -0.25) is 10.1 Å². The molecule has 0 saturated carbocycles. The minimum absolute atomic E-state index is 0.0650. The van der Waals surface area contributed by atoms with Crippen LogP contribution in [0.5, 0.6) is 0 Å². The molecule has 0 bridgehead atoms. The Morgan fingerprint density at radius 2 is 1.96 bits per heavy atom. The van der Waals surface area contributed by atoms with E-state index in [4.69, 9.17) is 9.84 Å². The number of aliphatic hydroxyl groups excluding tert-OH is 1. The maximum atomic E-state index is 12.0. The molecule has 1 atom stereocenters. The number of nitrogens with one attached hydrogen (secondary N) is 3. The smallest absolute Gasteiger partial charge is 0.340 e. The summed E-state index contributed by atoms with van der Waals surface area (Å²) in [6.45, 7) is 3.33. The SMILES string of the molecule is CC[C@@H](C)NC(=O)NC(=O)COC(=O)c1ccccc1NCCO. The first-order valence-electron chi connectivity index (χ1n) is 7.69. The highest BCUT2D eigenvalue weighted by molar-refractivity contribution is 5.99. The lowest BCUT2D eigenvalue weighted by Crippen LogP contribution is -2.44. The fourth-order valence-electron chi connectivity index (χ4n) is 1.74. The number of urea groups is 1. The van der Waals surface area contributed by atoms with Crippen LogP contribution in [0.2, 0.25) is 0 Å². The Morgan fingerprint density at radius 3 is 2.62 bits per heavy atom. The maximum Gasteiger partial charge on any atom is 0.340 e. The minimum Gasteiger partial charge on any atom is -0.452 e. The Bertz CT molecular complexity index is 577. The Kier molecular flexibility index (Phi) is 8.28. The number of ether oxygens (including phenoxy) is 1. The molecule has 0 spiro atoms. The van der Waals surface area contributed by atoms with Gasteiger partial charge in [0.1, 0.15) is 0 Å². The Balaban J connectivity index is 2.51. The number of rotatable bonds is 8. The quantitative estimate of drug-likeness (QED) is 0.523. The Labute approximate surface area is 140 Å². The van der Waals surface area contributed by atoms with Crippen molar-refractivity contribution in [1.29, 1.82) is 0 Å². The summed E-state index contributed by atoms with van der Waals surface area (Å²) in [5, 5.41) is 16.4. The normalized spacial score (nSPS) is 11.3. The fourth-order valence-corrected chi connectivity index (χ4v) is 1.74. The van der Waals surface area contributed by atoms with E-state index in [-0.39, 0.29) is 24.8 Å². The molecule has 1 aromatic carbocycles. The van der Waals surface area contributed by atoms with Crippen molar-refractivity contribution in [3.8, 4) is 0 Å². The zero-order valence-corrected chi connectivity index (χ0v) is 13.8. The third kappa shape index (κ3) is 6.66. The van der Waals surface area contributed by atoms with Gasteiger partial charge in [-0.25, -0.2) is 9.59 Å². The van der Waals surface area contributed by atoms with Crippen molar-refractivity contribution in [1.82, 2.24) is 10.6 Å². The van der Waals surface area contributed by atoms with Gasteiger partial charge in [0.2, 0.25) is 0 Å². The van der Waals surface area contributed by atoms with Gasteiger partial charge in [0, 0.05) is 18.3 Å². The van der Waals surface area contributed by atoms with Gasteiger partial charge in [-0.1, -0.05) is 19.1 Å². The molecule has 0 aliphatic carbocycles. The molecule has 0 aliphatic rings. The Hall–Kier alpha value is -2.61. The third-order valence-electron chi connectivity index (χ3n) is 3.15. The molecule has 0 aliphatic heterocycles. The van der Waals surface area contributed by atoms with Crippen LogP contribution in [-0.2, 0) is 9.53 Å². The molecule has 0 saturated heterocycles. The lowest BCUT2D eigenvalue weighted by atomic mass is 10.2. The van der Waals surface area contributed by atoms with Crippen LogP contribution >= 0.6 is 0 Å². The van der Waals surface area contributed by atoms with E-state index in [0.29, 0.717) is 5.69 Å². The van der Waals surface area contributed by atoms with E-state index in [9.17, 15) is 14.4 Å². The fraction of sp³-hybridized carbons (Fsp3) is 0.438. The minimum atomic E-state index is -0.718. The lowest BCUT2D eigenvalue weighted by Gasteiger charge is -2.12. The van der Waals surface area contributed by atoms with Gasteiger partial charge < -0.3 is 20.5 Å². The summed E-state index contributed by atoms with van der Waals surface area (Å²) in [7, 11) is 0. The molecule has 1 aromatic rings. The monoisotopic (exact) mass is 337 g/mol. The second-order valence-corrected chi connectivity index (χ2v) is 5.10. The van der Waals surface area contributed by atoms with Gasteiger partial charge in [-0.2, -0.15) is 0 Å². The maximum absolute atomic E-state index is 12.0. The highest BCUT2D eigenvalue weighted by atomic mass is 16.5. The van der Waals surface area contributed by atoms with Crippen LogP contribution in [-0.4, -0.2) is 48.8 Å². The van der Waals surface area contributed by atoms with E-state index < -0.39 is 24.5 Å². The van der Waals surface area contributed by atoms with E-state index in [1.165, 1.54) is 6.07 Å². The zero-order valence-electron chi connectivity index (χ0n) is 13.8. The number of hydrogen-bond donors (Lipinski definition) is 4. The van der Waals surface area contributed by atoms with Crippen LogP contribution in [0.4, 0.5) is 10.5 Å². The van der Waals surface area contributed by atoms with Crippen molar-refractivity contribution in [2.75, 3.05) is 25.1 Å². The predicted molar refractivity (Wildman–Crippen MR) is 88.7 cm³/mol. The molecule has 8 nitrogen and oxygen atoms in total. The average Bonchev–Trinajstić information content (AvgIpc) is 2.57. The van der Waals surface area contributed by atoms with Gasteiger partial charge in [0.15, 0.2) is 6.61 Å². The molecular formula is C16H23N3O5. The molecule has 0 radical (unpaired) electrons. The van der Waals surface area contributed by atoms with E-state index in [2.05, 4.69) is 16.0 Å². The van der Waals surface area contributed by atoms with Crippen molar-refractivity contribution in [2.45, 2.75) is 26.3 Å². The van der Waals surface area contributed by atoms with Crippen LogP contribution < -0.4 is 16.0 Å².